The molecular weight excluding hydrogens is 364 g/mol. The van der Waals surface area contributed by atoms with Crippen LogP contribution in [0.3, 0.4) is 0 Å². The molecule has 1 nitrogen and oxygen atoms in total. The summed E-state index contributed by atoms with van der Waals surface area (Å²) in [5.41, 5.74) is 2.90. The zero-order valence-electron chi connectivity index (χ0n) is 20.5. The van der Waals surface area contributed by atoms with Crippen LogP contribution in [0.1, 0.15) is 98.8 Å². The van der Waals surface area contributed by atoms with Crippen LogP contribution in [0.15, 0.2) is 23.8 Å². The third-order valence-electron chi connectivity index (χ3n) is 10.7. The molecule has 8 atom stereocenters. The second-order valence-corrected chi connectivity index (χ2v) is 12.4. The average molecular weight is 413 g/mol. The molecule has 0 aromatic heterocycles. The maximum Gasteiger partial charge on any atom is 0.0436 e. The van der Waals surface area contributed by atoms with Crippen molar-refractivity contribution in [3.63, 3.8) is 0 Å². The van der Waals surface area contributed by atoms with Gasteiger partial charge in [0, 0.05) is 6.61 Å². The van der Waals surface area contributed by atoms with E-state index in [4.69, 9.17) is 0 Å². The van der Waals surface area contributed by atoms with E-state index in [1.807, 2.05) is 5.57 Å². The molecule has 0 spiro atoms. The van der Waals surface area contributed by atoms with Crippen LogP contribution in [-0.4, -0.2) is 11.7 Å². The smallest absolute Gasteiger partial charge is 0.0436 e. The molecular formula is C29H48O. The molecule has 0 unspecified atom stereocenters. The average Bonchev–Trinajstić information content (AvgIpc) is 3.07. The first-order valence-electron chi connectivity index (χ1n) is 13.3. The molecule has 0 radical (unpaired) electrons. The maximum absolute atomic E-state index is 9.43. The molecule has 0 saturated heterocycles. The van der Waals surface area contributed by atoms with Crippen molar-refractivity contribution in [3.8, 4) is 0 Å². The van der Waals surface area contributed by atoms with Crippen LogP contribution >= 0.6 is 0 Å². The van der Waals surface area contributed by atoms with Crippen molar-refractivity contribution in [2.45, 2.75) is 98.8 Å². The largest absolute Gasteiger partial charge is 0.396 e. The van der Waals surface area contributed by atoms with Gasteiger partial charge in [-0.25, -0.2) is 0 Å². The van der Waals surface area contributed by atoms with Crippen molar-refractivity contribution >= 4 is 0 Å². The second-order valence-electron chi connectivity index (χ2n) is 12.4. The normalized spacial score (nSPS) is 43.1. The second kappa shape index (κ2) is 8.76. The van der Waals surface area contributed by atoms with Gasteiger partial charge in [0.25, 0.3) is 0 Å². The van der Waals surface area contributed by atoms with Crippen LogP contribution < -0.4 is 0 Å². The van der Waals surface area contributed by atoms with Crippen molar-refractivity contribution in [3.05, 3.63) is 23.8 Å². The van der Waals surface area contributed by atoms with Gasteiger partial charge in [0.2, 0.25) is 0 Å². The van der Waals surface area contributed by atoms with Gasteiger partial charge in [0.05, 0.1) is 0 Å². The minimum absolute atomic E-state index is 0.308. The van der Waals surface area contributed by atoms with Gasteiger partial charge in [0.15, 0.2) is 0 Å². The van der Waals surface area contributed by atoms with Crippen LogP contribution in [0, 0.1) is 52.3 Å². The molecule has 30 heavy (non-hydrogen) atoms. The minimum atomic E-state index is 0.308. The number of hydrogen-bond acceptors (Lipinski definition) is 1. The van der Waals surface area contributed by atoms with Crippen molar-refractivity contribution in [1.82, 2.24) is 0 Å². The first kappa shape index (κ1) is 22.6. The zero-order chi connectivity index (χ0) is 21.5. The molecule has 4 aliphatic carbocycles. The highest BCUT2D eigenvalue weighted by Gasteiger charge is 2.58. The number of aliphatic hydroxyl groups is 1. The molecule has 0 heterocycles. The van der Waals surface area contributed by atoms with Gasteiger partial charge in [-0.05, 0) is 110 Å². The van der Waals surface area contributed by atoms with Gasteiger partial charge in [0.1, 0.15) is 0 Å². The molecule has 3 saturated carbocycles. The summed E-state index contributed by atoms with van der Waals surface area (Å²) in [6.45, 7) is 12.7. The van der Waals surface area contributed by atoms with E-state index in [-0.39, 0.29) is 0 Å². The van der Waals surface area contributed by atoms with Crippen molar-refractivity contribution in [2.75, 3.05) is 6.61 Å². The number of rotatable bonds is 6. The fourth-order valence-corrected chi connectivity index (χ4v) is 8.86. The van der Waals surface area contributed by atoms with E-state index in [2.05, 4.69) is 52.8 Å². The van der Waals surface area contributed by atoms with Crippen LogP contribution in [-0.2, 0) is 0 Å². The third-order valence-corrected chi connectivity index (χ3v) is 10.7. The number of hydrogen-bond donors (Lipinski definition) is 1. The molecule has 3 fully saturated rings. The number of allylic oxidation sites excluding steroid dienone is 4. The van der Waals surface area contributed by atoms with Crippen molar-refractivity contribution < 1.29 is 5.11 Å². The van der Waals surface area contributed by atoms with Gasteiger partial charge in [-0.2, -0.15) is 0 Å². The lowest BCUT2D eigenvalue weighted by molar-refractivity contribution is -0.0462. The summed E-state index contributed by atoms with van der Waals surface area (Å²) in [4.78, 5) is 0. The Hall–Kier alpha value is -0.560. The van der Waals surface area contributed by atoms with E-state index in [9.17, 15) is 5.11 Å². The Morgan fingerprint density at radius 3 is 2.57 bits per heavy atom. The highest BCUT2D eigenvalue weighted by molar-refractivity contribution is 5.24. The summed E-state index contributed by atoms with van der Waals surface area (Å²) in [7, 11) is 0. The fraction of sp³-hybridized carbons (Fsp3) is 0.862. The van der Waals surface area contributed by atoms with Crippen LogP contribution in [0.25, 0.3) is 0 Å². The first-order chi connectivity index (χ1) is 14.3. The van der Waals surface area contributed by atoms with Crippen molar-refractivity contribution in [1.29, 1.82) is 0 Å². The summed E-state index contributed by atoms with van der Waals surface area (Å²) < 4.78 is 0. The molecule has 170 valence electrons. The standard InChI is InChI=1S/C29H48O/c1-20(2)22(16-19-30)10-9-21(3)25-13-14-26-24-12-11-23-8-6-7-17-28(23,4)27(24)15-18-29(25,26)5/h9-11,20-22,24-27,30H,6-8,12-19H2,1-5H3/b10-9+/t21-,22+,24+,25-,26+,27+,28+,29-/m1/s1. The van der Waals surface area contributed by atoms with E-state index >= 15 is 0 Å². The summed E-state index contributed by atoms with van der Waals surface area (Å²) in [5.74, 6) is 5.47. The van der Waals surface area contributed by atoms with Crippen LogP contribution in [0.5, 0.6) is 0 Å². The quantitative estimate of drug-likeness (QED) is 0.441. The predicted molar refractivity (Wildman–Crippen MR) is 128 cm³/mol. The molecule has 0 aliphatic heterocycles. The van der Waals surface area contributed by atoms with Gasteiger partial charge >= 0.3 is 0 Å². The van der Waals surface area contributed by atoms with Gasteiger partial charge in [-0.15, -0.1) is 0 Å². The number of aliphatic hydroxyl groups excluding tert-OH is 1. The van der Waals surface area contributed by atoms with Crippen LogP contribution in [0.4, 0.5) is 0 Å². The highest BCUT2D eigenvalue weighted by Crippen LogP contribution is 2.67. The Kier molecular flexibility index (Phi) is 6.61. The maximum atomic E-state index is 9.43. The highest BCUT2D eigenvalue weighted by atomic mass is 16.3. The molecule has 0 aromatic carbocycles. The summed E-state index contributed by atoms with van der Waals surface area (Å²) >= 11 is 0. The molecule has 1 heteroatoms. The third kappa shape index (κ3) is 3.76. The Bertz CT molecular complexity index is 659. The van der Waals surface area contributed by atoms with Gasteiger partial charge < -0.3 is 5.11 Å². The Morgan fingerprint density at radius 1 is 1.03 bits per heavy atom. The molecule has 0 aromatic rings. The lowest BCUT2D eigenvalue weighted by atomic mass is 9.47. The summed E-state index contributed by atoms with van der Waals surface area (Å²) in [6.07, 6.45) is 21.5. The van der Waals surface area contributed by atoms with Gasteiger partial charge in [-0.3, -0.25) is 0 Å². The number of fused-ring (bicyclic) bond motifs is 5. The van der Waals surface area contributed by atoms with E-state index in [0.29, 0.717) is 35.2 Å². The van der Waals surface area contributed by atoms with Crippen LogP contribution in [0.2, 0.25) is 0 Å². The molecule has 1 N–H and O–H groups in total. The topological polar surface area (TPSA) is 20.2 Å². The SMILES string of the molecule is CC(C)[C@@H](/C=C/[C@@H](C)[C@H]1CC[C@H]2[C@@H]3CC=C4CCCC[C@]4(C)[C@H]3CC[C@]12C)CCO. The monoisotopic (exact) mass is 412 g/mol. The molecule has 4 aliphatic rings. The van der Waals surface area contributed by atoms with E-state index in [1.165, 1.54) is 57.8 Å². The van der Waals surface area contributed by atoms with E-state index in [0.717, 1.165) is 30.1 Å². The molecule has 0 bridgehead atoms. The van der Waals surface area contributed by atoms with Crippen molar-refractivity contribution in [2.24, 2.45) is 52.3 Å². The van der Waals surface area contributed by atoms with Gasteiger partial charge in [-0.1, -0.05) is 64.8 Å². The molecule has 4 rings (SSSR count). The lowest BCUT2D eigenvalue weighted by Crippen LogP contribution is -2.49. The Morgan fingerprint density at radius 2 is 1.83 bits per heavy atom. The van der Waals surface area contributed by atoms with E-state index in [1.54, 1.807) is 0 Å². The predicted octanol–water partition coefficient (Wildman–Crippen LogP) is 7.80. The zero-order valence-corrected chi connectivity index (χ0v) is 20.5. The Balaban J connectivity index is 1.50. The summed E-state index contributed by atoms with van der Waals surface area (Å²) in [5, 5.41) is 9.43. The Labute approximate surface area is 186 Å². The minimum Gasteiger partial charge on any atom is -0.396 e. The first-order valence-corrected chi connectivity index (χ1v) is 13.3. The lowest BCUT2D eigenvalue weighted by Gasteiger charge is -2.58. The molecule has 0 amide bonds. The fourth-order valence-electron chi connectivity index (χ4n) is 8.86. The summed E-state index contributed by atoms with van der Waals surface area (Å²) in [6, 6.07) is 0. The van der Waals surface area contributed by atoms with E-state index < -0.39 is 0 Å².